The van der Waals surface area contributed by atoms with E-state index < -0.39 is 0 Å². The van der Waals surface area contributed by atoms with Crippen molar-refractivity contribution >= 4 is 5.91 Å². The highest BCUT2D eigenvalue weighted by Gasteiger charge is 2.32. The van der Waals surface area contributed by atoms with E-state index in [0.29, 0.717) is 0 Å². The van der Waals surface area contributed by atoms with E-state index in [1.807, 2.05) is 13.8 Å². The quantitative estimate of drug-likeness (QED) is 0.720. The molecule has 3 heteroatoms. The van der Waals surface area contributed by atoms with Crippen LogP contribution in [0.3, 0.4) is 0 Å². The summed E-state index contributed by atoms with van der Waals surface area (Å²) >= 11 is 0. The Kier molecular flexibility index (Phi) is 3.53. The van der Waals surface area contributed by atoms with Gasteiger partial charge >= 0.3 is 0 Å². The van der Waals surface area contributed by atoms with E-state index in [9.17, 15) is 4.79 Å². The Morgan fingerprint density at radius 2 is 2.14 bits per heavy atom. The number of carbonyl (C=O) groups is 1. The maximum Gasteiger partial charge on any atom is 0.225 e. The van der Waals surface area contributed by atoms with Gasteiger partial charge in [0, 0.05) is 11.6 Å². The normalized spacial score (nSPS) is 27.7. The number of rotatable bonds is 3. The molecule has 1 aliphatic carbocycles. The summed E-state index contributed by atoms with van der Waals surface area (Å²) in [7, 11) is 0. The number of carbonyl (C=O) groups excluding carboxylic acids is 1. The molecule has 0 aromatic rings. The van der Waals surface area contributed by atoms with Crippen molar-refractivity contribution in [3.05, 3.63) is 0 Å². The average Bonchev–Trinajstić information content (AvgIpc) is 2.51. The van der Waals surface area contributed by atoms with Crippen molar-refractivity contribution in [1.82, 2.24) is 5.32 Å². The standard InChI is InChI=1S/C11H22N2O/c1-4-11(2,3)13-10(14)8-6-5-7-9(8)12/h8-9H,4-7,12H2,1-3H3,(H,13,14). The molecule has 2 atom stereocenters. The van der Waals surface area contributed by atoms with E-state index in [1.54, 1.807) is 0 Å². The van der Waals surface area contributed by atoms with Gasteiger partial charge in [0.2, 0.25) is 5.91 Å². The third-order valence-electron chi connectivity index (χ3n) is 3.25. The SMILES string of the molecule is CCC(C)(C)NC(=O)C1CCCC1N. The Balaban J connectivity index is 2.49. The fraction of sp³-hybridized carbons (Fsp3) is 0.909. The molecule has 0 spiro atoms. The summed E-state index contributed by atoms with van der Waals surface area (Å²) < 4.78 is 0. The number of amides is 1. The summed E-state index contributed by atoms with van der Waals surface area (Å²) in [6.45, 7) is 6.17. The zero-order chi connectivity index (χ0) is 10.8. The Morgan fingerprint density at radius 3 is 2.57 bits per heavy atom. The van der Waals surface area contributed by atoms with Gasteiger partial charge < -0.3 is 11.1 Å². The van der Waals surface area contributed by atoms with Crippen LogP contribution in [0.4, 0.5) is 0 Å². The van der Waals surface area contributed by atoms with Crippen LogP contribution in [-0.2, 0) is 4.79 Å². The molecule has 82 valence electrons. The van der Waals surface area contributed by atoms with Gasteiger partial charge in [0.15, 0.2) is 0 Å². The van der Waals surface area contributed by atoms with Crippen molar-refractivity contribution in [1.29, 1.82) is 0 Å². The lowest BCUT2D eigenvalue weighted by atomic mass is 9.98. The molecule has 1 amide bonds. The summed E-state index contributed by atoms with van der Waals surface area (Å²) in [5, 5.41) is 3.06. The number of nitrogens with two attached hydrogens (primary N) is 1. The Morgan fingerprint density at radius 1 is 1.50 bits per heavy atom. The van der Waals surface area contributed by atoms with Crippen LogP contribution in [0.5, 0.6) is 0 Å². The van der Waals surface area contributed by atoms with Crippen molar-refractivity contribution in [2.24, 2.45) is 11.7 Å². The van der Waals surface area contributed by atoms with Crippen LogP contribution >= 0.6 is 0 Å². The minimum absolute atomic E-state index is 0.0424. The highest BCUT2D eigenvalue weighted by molar-refractivity contribution is 5.80. The Hall–Kier alpha value is -0.570. The topological polar surface area (TPSA) is 55.1 Å². The van der Waals surface area contributed by atoms with Crippen LogP contribution in [0.25, 0.3) is 0 Å². The molecule has 3 N–H and O–H groups in total. The minimum atomic E-state index is -0.0978. The summed E-state index contributed by atoms with van der Waals surface area (Å²) in [4.78, 5) is 11.8. The number of nitrogens with one attached hydrogen (secondary N) is 1. The van der Waals surface area contributed by atoms with Crippen LogP contribution in [0.1, 0.15) is 46.5 Å². The van der Waals surface area contributed by atoms with Crippen molar-refractivity contribution in [3.8, 4) is 0 Å². The van der Waals surface area contributed by atoms with E-state index in [1.165, 1.54) is 0 Å². The molecule has 2 unspecified atom stereocenters. The second-order valence-corrected chi connectivity index (χ2v) is 4.93. The molecule has 1 rings (SSSR count). The maximum atomic E-state index is 11.8. The molecular weight excluding hydrogens is 176 g/mol. The summed E-state index contributed by atoms with van der Waals surface area (Å²) in [5.74, 6) is 0.183. The molecule has 3 nitrogen and oxygen atoms in total. The van der Waals surface area contributed by atoms with E-state index >= 15 is 0 Å². The van der Waals surface area contributed by atoms with Crippen molar-refractivity contribution < 1.29 is 4.79 Å². The third-order valence-corrected chi connectivity index (χ3v) is 3.25. The van der Waals surface area contributed by atoms with Gasteiger partial charge in [0.25, 0.3) is 0 Å². The largest absolute Gasteiger partial charge is 0.351 e. The first kappa shape index (κ1) is 11.5. The van der Waals surface area contributed by atoms with E-state index in [2.05, 4.69) is 12.2 Å². The van der Waals surface area contributed by atoms with E-state index in [0.717, 1.165) is 25.7 Å². The van der Waals surface area contributed by atoms with Crippen molar-refractivity contribution in [2.75, 3.05) is 0 Å². The highest BCUT2D eigenvalue weighted by atomic mass is 16.2. The molecule has 0 aromatic carbocycles. The van der Waals surface area contributed by atoms with Gasteiger partial charge in [-0.3, -0.25) is 4.79 Å². The second kappa shape index (κ2) is 4.30. The molecule has 0 aromatic heterocycles. The molecule has 14 heavy (non-hydrogen) atoms. The van der Waals surface area contributed by atoms with Gasteiger partial charge in [0.05, 0.1) is 5.92 Å². The second-order valence-electron chi connectivity index (χ2n) is 4.93. The van der Waals surface area contributed by atoms with Crippen LogP contribution in [0.15, 0.2) is 0 Å². The van der Waals surface area contributed by atoms with Gasteiger partial charge in [-0.1, -0.05) is 13.3 Å². The molecular formula is C11H22N2O. The van der Waals surface area contributed by atoms with Gasteiger partial charge in [-0.05, 0) is 33.1 Å². The van der Waals surface area contributed by atoms with Gasteiger partial charge in [-0.15, -0.1) is 0 Å². The summed E-state index contributed by atoms with van der Waals surface area (Å²) in [6, 6.07) is 0.0719. The molecule has 0 heterocycles. The summed E-state index contributed by atoms with van der Waals surface area (Å²) in [5.41, 5.74) is 5.78. The fourth-order valence-corrected chi connectivity index (χ4v) is 1.83. The first-order valence-corrected chi connectivity index (χ1v) is 5.54. The zero-order valence-corrected chi connectivity index (χ0v) is 9.47. The Labute approximate surface area is 86.4 Å². The van der Waals surface area contributed by atoms with Gasteiger partial charge in [-0.25, -0.2) is 0 Å². The van der Waals surface area contributed by atoms with E-state index in [4.69, 9.17) is 5.73 Å². The average molecular weight is 198 g/mol. The maximum absolute atomic E-state index is 11.8. The fourth-order valence-electron chi connectivity index (χ4n) is 1.83. The predicted octanol–water partition coefficient (Wildman–Crippen LogP) is 1.42. The first-order valence-electron chi connectivity index (χ1n) is 5.54. The van der Waals surface area contributed by atoms with Crippen LogP contribution < -0.4 is 11.1 Å². The molecule has 0 saturated heterocycles. The predicted molar refractivity (Wildman–Crippen MR) is 57.8 cm³/mol. The molecule has 0 aliphatic heterocycles. The molecule has 0 radical (unpaired) electrons. The Bertz CT molecular complexity index is 213. The van der Waals surface area contributed by atoms with E-state index in [-0.39, 0.29) is 23.4 Å². The molecule has 0 bridgehead atoms. The minimum Gasteiger partial charge on any atom is -0.351 e. The highest BCUT2D eigenvalue weighted by Crippen LogP contribution is 2.24. The van der Waals surface area contributed by atoms with Crippen LogP contribution in [-0.4, -0.2) is 17.5 Å². The lowest BCUT2D eigenvalue weighted by molar-refractivity contribution is -0.126. The summed E-state index contributed by atoms with van der Waals surface area (Å²) in [6.07, 6.45) is 3.98. The molecule has 1 fully saturated rings. The number of hydrogen-bond donors (Lipinski definition) is 2. The lowest BCUT2D eigenvalue weighted by Gasteiger charge is -2.27. The number of hydrogen-bond acceptors (Lipinski definition) is 2. The third kappa shape index (κ3) is 2.71. The smallest absolute Gasteiger partial charge is 0.225 e. The first-order chi connectivity index (χ1) is 6.46. The van der Waals surface area contributed by atoms with Gasteiger partial charge in [-0.2, -0.15) is 0 Å². The van der Waals surface area contributed by atoms with Gasteiger partial charge in [0.1, 0.15) is 0 Å². The molecule has 1 aliphatic rings. The lowest BCUT2D eigenvalue weighted by Crippen LogP contribution is -2.48. The molecule has 1 saturated carbocycles. The monoisotopic (exact) mass is 198 g/mol. The van der Waals surface area contributed by atoms with Crippen LogP contribution in [0.2, 0.25) is 0 Å². The van der Waals surface area contributed by atoms with Crippen molar-refractivity contribution in [2.45, 2.75) is 58.0 Å². The van der Waals surface area contributed by atoms with Crippen molar-refractivity contribution in [3.63, 3.8) is 0 Å². The zero-order valence-electron chi connectivity index (χ0n) is 9.47. The van der Waals surface area contributed by atoms with Crippen LogP contribution in [0, 0.1) is 5.92 Å².